The molecule has 0 spiro atoms. The van der Waals surface area contributed by atoms with Gasteiger partial charge in [0.05, 0.1) is 0 Å². The molecule has 0 saturated heterocycles. The Morgan fingerprint density at radius 1 is 0.762 bits per heavy atom. The Hall–Kier alpha value is -2.10. The average Bonchev–Trinajstić information content (AvgIpc) is 3.05. The van der Waals surface area contributed by atoms with E-state index >= 15 is 0 Å². The minimum absolute atomic E-state index is 0.272. The Labute approximate surface area is 125 Å². The molecule has 3 heterocycles. The van der Waals surface area contributed by atoms with E-state index in [0.717, 1.165) is 22.2 Å². The summed E-state index contributed by atoms with van der Waals surface area (Å²) < 4.78 is 14.0. The summed E-state index contributed by atoms with van der Waals surface area (Å²) in [6.45, 7) is 3.76. The van der Waals surface area contributed by atoms with Gasteiger partial charge in [0.2, 0.25) is 0 Å². The van der Waals surface area contributed by atoms with E-state index in [2.05, 4.69) is 34.2 Å². The molecule has 3 aromatic heterocycles. The summed E-state index contributed by atoms with van der Waals surface area (Å²) in [7, 11) is 0. The van der Waals surface area contributed by atoms with Crippen LogP contribution in [0, 0.1) is 13.8 Å². The van der Waals surface area contributed by atoms with Crippen LogP contribution in [0.3, 0.4) is 0 Å². The molecule has 5 heteroatoms. The van der Waals surface area contributed by atoms with Crippen molar-refractivity contribution in [1.29, 1.82) is 0 Å². The Balaban J connectivity index is 1.97. The summed E-state index contributed by atoms with van der Waals surface area (Å²) in [5.74, 6) is 1.42. The molecule has 4 nitrogen and oxygen atoms in total. The van der Waals surface area contributed by atoms with E-state index in [-0.39, 0.29) is 14.5 Å². The number of fused-ring (bicyclic) bond motifs is 5. The number of benzene rings is 2. The van der Waals surface area contributed by atoms with Crippen LogP contribution in [0.2, 0.25) is 0 Å². The first-order chi connectivity index (χ1) is 10.2. The summed E-state index contributed by atoms with van der Waals surface area (Å²) >= 11 is 0.272. The zero-order valence-electron chi connectivity index (χ0n) is 11.4. The normalized spacial score (nSPS) is 12.3. The number of oxazole rings is 2. The number of aromatic nitrogens is 2. The van der Waals surface area contributed by atoms with Gasteiger partial charge in [-0.05, 0) is 0 Å². The van der Waals surface area contributed by atoms with E-state index in [4.69, 9.17) is 8.83 Å². The topological polar surface area (TPSA) is 52.1 Å². The summed E-state index contributed by atoms with van der Waals surface area (Å²) in [5, 5.41) is 2.52. The molecule has 0 radical (unpaired) electrons. The van der Waals surface area contributed by atoms with Gasteiger partial charge in [0, 0.05) is 0 Å². The van der Waals surface area contributed by atoms with Crippen molar-refractivity contribution >= 4 is 56.0 Å². The van der Waals surface area contributed by atoms with Crippen molar-refractivity contribution in [2.24, 2.45) is 0 Å². The first-order valence-electron chi connectivity index (χ1n) is 6.68. The summed E-state index contributed by atoms with van der Waals surface area (Å²) in [6.07, 6.45) is 0. The summed E-state index contributed by atoms with van der Waals surface area (Å²) in [4.78, 5) is 8.87. The fourth-order valence-corrected chi connectivity index (χ4v) is 5.21. The summed E-state index contributed by atoms with van der Waals surface area (Å²) in [5.41, 5.74) is 3.59. The monoisotopic (exact) mass is 342 g/mol. The molecule has 0 amide bonds. The van der Waals surface area contributed by atoms with Crippen LogP contribution in [0.4, 0.5) is 0 Å². The molecule has 2 aromatic carbocycles. The average molecular weight is 341 g/mol. The molecule has 0 atom stereocenters. The first kappa shape index (κ1) is 11.5. The molecular weight excluding hydrogens is 331 g/mol. The van der Waals surface area contributed by atoms with Crippen LogP contribution >= 0.6 is 0 Å². The van der Waals surface area contributed by atoms with E-state index in [1.165, 1.54) is 19.3 Å². The first-order valence-corrected chi connectivity index (χ1v) is 8.39. The van der Waals surface area contributed by atoms with Gasteiger partial charge < -0.3 is 0 Å². The molecule has 0 aliphatic rings. The van der Waals surface area contributed by atoms with Crippen LogP contribution in [0.1, 0.15) is 11.8 Å². The van der Waals surface area contributed by atoms with E-state index in [1.807, 2.05) is 13.8 Å². The second-order valence-electron chi connectivity index (χ2n) is 5.20. The molecular formula is C16H10N2O2Se. The molecule has 0 aliphatic heterocycles. The molecule has 0 saturated carbocycles. The van der Waals surface area contributed by atoms with Crippen LogP contribution < -0.4 is 0 Å². The molecule has 5 aromatic rings. The molecule has 0 N–H and O–H groups in total. The fraction of sp³-hybridized carbons (Fsp3) is 0.125. The van der Waals surface area contributed by atoms with Gasteiger partial charge in [-0.15, -0.1) is 0 Å². The predicted octanol–water partition coefficient (Wildman–Crippen LogP) is 3.95. The number of aryl methyl sites for hydroxylation is 2. The van der Waals surface area contributed by atoms with Gasteiger partial charge in [0.15, 0.2) is 0 Å². The standard InChI is InChI=1S/C16H10N2O2Se/c1-7-17-11-3-9-10-4-12-14(20-8(2)18-12)6-16(10)21-15(9)5-13(11)19-7/h3-6H,1-2H3. The van der Waals surface area contributed by atoms with Crippen LogP contribution in [0.15, 0.2) is 33.1 Å². The van der Waals surface area contributed by atoms with Crippen molar-refractivity contribution < 1.29 is 8.83 Å². The Morgan fingerprint density at radius 2 is 1.24 bits per heavy atom. The Bertz CT molecular complexity index is 1070. The zero-order valence-corrected chi connectivity index (χ0v) is 13.1. The molecule has 0 bridgehead atoms. The third-order valence-electron chi connectivity index (χ3n) is 3.70. The van der Waals surface area contributed by atoms with Crippen molar-refractivity contribution in [3.8, 4) is 0 Å². The van der Waals surface area contributed by atoms with Gasteiger partial charge in [-0.2, -0.15) is 0 Å². The van der Waals surface area contributed by atoms with Crippen LogP contribution in [-0.2, 0) is 0 Å². The van der Waals surface area contributed by atoms with Crippen LogP contribution in [0.25, 0.3) is 41.5 Å². The van der Waals surface area contributed by atoms with E-state index in [9.17, 15) is 0 Å². The van der Waals surface area contributed by atoms with E-state index in [1.54, 1.807) is 0 Å². The number of nitrogens with zero attached hydrogens (tertiary/aromatic N) is 2. The SMILES string of the molecule is Cc1nc2cc3c(cc2o1)[se]c1cc2oc(C)nc2cc13. The third-order valence-corrected chi connectivity index (χ3v) is 6.04. The zero-order chi connectivity index (χ0) is 14.1. The van der Waals surface area contributed by atoms with Gasteiger partial charge in [0.25, 0.3) is 0 Å². The second-order valence-corrected chi connectivity index (χ2v) is 7.47. The van der Waals surface area contributed by atoms with Crippen molar-refractivity contribution in [3.05, 3.63) is 36.0 Å². The number of hydrogen-bond acceptors (Lipinski definition) is 4. The quantitative estimate of drug-likeness (QED) is 0.400. The predicted molar refractivity (Wildman–Crippen MR) is 83.0 cm³/mol. The molecule has 102 valence electrons. The van der Waals surface area contributed by atoms with Crippen molar-refractivity contribution in [2.75, 3.05) is 0 Å². The molecule has 0 unspecified atom stereocenters. The molecule has 5 rings (SSSR count). The fourth-order valence-electron chi connectivity index (χ4n) is 2.85. The Morgan fingerprint density at radius 3 is 1.71 bits per heavy atom. The van der Waals surface area contributed by atoms with Crippen molar-refractivity contribution in [3.63, 3.8) is 0 Å². The van der Waals surface area contributed by atoms with Gasteiger partial charge in [-0.3, -0.25) is 0 Å². The maximum absolute atomic E-state index is 5.64. The van der Waals surface area contributed by atoms with Gasteiger partial charge in [-0.1, -0.05) is 0 Å². The maximum atomic E-state index is 5.64. The Kier molecular flexibility index (Phi) is 2.06. The van der Waals surface area contributed by atoms with Crippen molar-refractivity contribution in [1.82, 2.24) is 9.97 Å². The van der Waals surface area contributed by atoms with Crippen molar-refractivity contribution in [2.45, 2.75) is 13.8 Å². The van der Waals surface area contributed by atoms with Crippen LogP contribution in [-0.4, -0.2) is 24.5 Å². The molecule has 0 fully saturated rings. The summed E-state index contributed by atoms with van der Waals surface area (Å²) in [6, 6.07) is 8.53. The van der Waals surface area contributed by atoms with Crippen LogP contribution in [0.5, 0.6) is 0 Å². The number of rotatable bonds is 0. The third kappa shape index (κ3) is 1.56. The second kappa shape index (κ2) is 3.75. The molecule has 21 heavy (non-hydrogen) atoms. The van der Waals surface area contributed by atoms with E-state index < -0.39 is 0 Å². The minimum atomic E-state index is 0.272. The van der Waals surface area contributed by atoms with Gasteiger partial charge >= 0.3 is 125 Å². The van der Waals surface area contributed by atoms with Gasteiger partial charge in [-0.25, -0.2) is 0 Å². The molecule has 0 aliphatic carbocycles. The number of hydrogen-bond donors (Lipinski definition) is 0. The van der Waals surface area contributed by atoms with E-state index in [0.29, 0.717) is 11.8 Å². The van der Waals surface area contributed by atoms with Gasteiger partial charge in [0.1, 0.15) is 0 Å².